The molecule has 1 aliphatic carbocycles. The lowest BCUT2D eigenvalue weighted by molar-refractivity contribution is -0.0176. The van der Waals surface area contributed by atoms with Crippen molar-refractivity contribution in [1.82, 2.24) is 5.32 Å². The number of aldehydes is 1. The number of carbonyl (C=O) groups is 2. The molecule has 1 amide bonds. The van der Waals surface area contributed by atoms with Gasteiger partial charge in [0, 0.05) is 18.0 Å². The minimum absolute atomic E-state index is 0.0370. The van der Waals surface area contributed by atoms with Gasteiger partial charge in [0.2, 0.25) is 0 Å². The van der Waals surface area contributed by atoms with Gasteiger partial charge in [-0.15, -0.1) is 0 Å². The Labute approximate surface area is 276 Å². The fourth-order valence-electron chi connectivity index (χ4n) is 4.94. The summed E-state index contributed by atoms with van der Waals surface area (Å²) in [5, 5.41) is 2.74. The molecule has 0 spiro atoms. The topological polar surface area (TPSA) is 120 Å². The van der Waals surface area contributed by atoms with Crippen LogP contribution in [0.3, 0.4) is 0 Å². The largest absolute Gasteiger partial charge is 0.491 e. The Morgan fingerprint density at radius 1 is 0.574 bits per heavy atom. The summed E-state index contributed by atoms with van der Waals surface area (Å²) in [6.45, 7) is 6.53. The van der Waals surface area contributed by atoms with Gasteiger partial charge in [-0.05, 0) is 46.5 Å². The van der Waals surface area contributed by atoms with Crippen LogP contribution in [0.4, 0.5) is 4.79 Å². The molecule has 0 saturated heterocycles. The molecule has 3 aromatic rings. The van der Waals surface area contributed by atoms with Crippen molar-refractivity contribution >= 4 is 12.4 Å². The molecule has 0 heterocycles. The highest BCUT2D eigenvalue weighted by Crippen LogP contribution is 2.44. The third-order valence-electron chi connectivity index (χ3n) is 7.23. The number of hydrogen-bond acceptors (Lipinski definition) is 10. The van der Waals surface area contributed by atoms with E-state index in [9.17, 15) is 9.59 Å². The van der Waals surface area contributed by atoms with E-state index in [1.54, 1.807) is 24.3 Å². The molecular formula is C36H45NO10. The van der Waals surface area contributed by atoms with Crippen molar-refractivity contribution in [3.8, 4) is 16.9 Å². The molecular weight excluding hydrogens is 606 g/mol. The van der Waals surface area contributed by atoms with Gasteiger partial charge in [0.05, 0.1) is 79.3 Å². The quantitative estimate of drug-likeness (QED) is 0.104. The van der Waals surface area contributed by atoms with Crippen LogP contribution in [0.5, 0.6) is 5.75 Å². The van der Waals surface area contributed by atoms with Gasteiger partial charge in [0.25, 0.3) is 0 Å². The molecule has 11 nitrogen and oxygen atoms in total. The van der Waals surface area contributed by atoms with Crippen LogP contribution in [0.25, 0.3) is 11.1 Å². The highest BCUT2D eigenvalue weighted by Gasteiger charge is 2.28. The molecule has 0 radical (unpaired) electrons. The van der Waals surface area contributed by atoms with Gasteiger partial charge >= 0.3 is 6.09 Å². The molecule has 0 saturated carbocycles. The first-order chi connectivity index (χ1) is 23.3. The van der Waals surface area contributed by atoms with Crippen molar-refractivity contribution in [3.63, 3.8) is 0 Å². The number of carbonyl (C=O) groups excluding carboxylic acids is 2. The van der Waals surface area contributed by atoms with Crippen LogP contribution >= 0.6 is 0 Å². The first-order valence-electron chi connectivity index (χ1n) is 16.0. The number of benzene rings is 3. The van der Waals surface area contributed by atoms with Crippen LogP contribution in [0.1, 0.15) is 27.4 Å². The average Bonchev–Trinajstić information content (AvgIpc) is 3.43. The maximum Gasteiger partial charge on any atom is 0.407 e. The second-order valence-corrected chi connectivity index (χ2v) is 10.5. The predicted octanol–water partition coefficient (Wildman–Crippen LogP) is 4.52. The van der Waals surface area contributed by atoms with Crippen LogP contribution in [0.2, 0.25) is 0 Å². The second kappa shape index (κ2) is 21.9. The van der Waals surface area contributed by atoms with Crippen molar-refractivity contribution < 1.29 is 47.5 Å². The summed E-state index contributed by atoms with van der Waals surface area (Å²) in [7, 11) is 0. The molecule has 0 aromatic heterocycles. The van der Waals surface area contributed by atoms with E-state index in [2.05, 4.69) is 29.6 Å². The minimum atomic E-state index is -0.454. The van der Waals surface area contributed by atoms with Gasteiger partial charge in [-0.1, -0.05) is 48.5 Å². The number of ether oxygens (including phenoxy) is 8. The number of amides is 1. The Balaban J connectivity index is 0.854. The zero-order chi connectivity index (χ0) is 32.8. The molecule has 11 heteroatoms. The van der Waals surface area contributed by atoms with Crippen molar-refractivity contribution in [2.75, 3.05) is 99.0 Å². The molecule has 3 aromatic carbocycles. The standard InChI is InChI=1S/C36H45NO10/c38-27-29-9-11-30(12-10-29)46-26-25-45-24-23-44-22-21-43-20-19-42-18-17-41-16-15-40-14-13-37-36(39)47-28-35-33-7-3-1-5-31(33)32-6-2-4-8-34(32)35/h1-12,27,35H,13-26,28H2,(H,37,39). The van der Waals surface area contributed by atoms with E-state index in [0.29, 0.717) is 104 Å². The maximum atomic E-state index is 12.2. The average molecular weight is 652 g/mol. The fourth-order valence-corrected chi connectivity index (χ4v) is 4.94. The first kappa shape index (κ1) is 36.0. The Morgan fingerprint density at radius 3 is 1.51 bits per heavy atom. The molecule has 0 aliphatic heterocycles. The van der Waals surface area contributed by atoms with Crippen LogP contribution in [0.15, 0.2) is 72.8 Å². The SMILES string of the molecule is O=Cc1ccc(OCCOCCOCCOCCOCCOCCOCCNC(=O)OCC2c3ccccc3-c3ccccc32)cc1. The van der Waals surface area contributed by atoms with Crippen molar-refractivity contribution in [1.29, 1.82) is 0 Å². The van der Waals surface area contributed by atoms with Crippen LogP contribution < -0.4 is 10.1 Å². The minimum Gasteiger partial charge on any atom is -0.491 e. The highest BCUT2D eigenvalue weighted by molar-refractivity contribution is 5.79. The maximum absolute atomic E-state index is 12.2. The monoisotopic (exact) mass is 651 g/mol. The summed E-state index contributed by atoms with van der Waals surface area (Å²) in [4.78, 5) is 22.9. The molecule has 0 unspecified atom stereocenters. The molecule has 1 N–H and O–H groups in total. The Hall–Kier alpha value is -3.84. The number of fused-ring (bicyclic) bond motifs is 3. The van der Waals surface area contributed by atoms with Gasteiger partial charge < -0.3 is 43.2 Å². The lowest BCUT2D eigenvalue weighted by atomic mass is 9.98. The van der Waals surface area contributed by atoms with Crippen LogP contribution in [-0.2, 0) is 33.2 Å². The van der Waals surface area contributed by atoms with E-state index in [1.807, 2.05) is 24.3 Å². The number of rotatable bonds is 25. The third-order valence-corrected chi connectivity index (χ3v) is 7.23. The van der Waals surface area contributed by atoms with E-state index < -0.39 is 6.09 Å². The predicted molar refractivity (Wildman–Crippen MR) is 175 cm³/mol. The third kappa shape index (κ3) is 13.1. The summed E-state index contributed by atoms with van der Waals surface area (Å²) in [6, 6.07) is 23.4. The molecule has 0 fully saturated rings. The first-order valence-corrected chi connectivity index (χ1v) is 16.0. The summed E-state index contributed by atoms with van der Waals surface area (Å²) >= 11 is 0. The van der Waals surface area contributed by atoms with E-state index in [-0.39, 0.29) is 12.5 Å². The molecule has 254 valence electrons. The van der Waals surface area contributed by atoms with E-state index in [0.717, 1.165) is 6.29 Å². The van der Waals surface area contributed by atoms with Crippen molar-refractivity contribution in [2.24, 2.45) is 0 Å². The zero-order valence-electron chi connectivity index (χ0n) is 26.8. The van der Waals surface area contributed by atoms with Crippen molar-refractivity contribution in [2.45, 2.75) is 5.92 Å². The van der Waals surface area contributed by atoms with Crippen LogP contribution in [0, 0.1) is 0 Å². The van der Waals surface area contributed by atoms with Crippen molar-refractivity contribution in [3.05, 3.63) is 89.5 Å². The van der Waals surface area contributed by atoms with Gasteiger partial charge in [-0.3, -0.25) is 4.79 Å². The Morgan fingerprint density at radius 2 is 1.02 bits per heavy atom. The van der Waals surface area contributed by atoms with Gasteiger partial charge in [0.1, 0.15) is 25.2 Å². The van der Waals surface area contributed by atoms with E-state index >= 15 is 0 Å². The van der Waals surface area contributed by atoms with Crippen LogP contribution in [-0.4, -0.2) is 111 Å². The summed E-state index contributed by atoms with van der Waals surface area (Å²) in [6.07, 6.45) is 0.342. The lowest BCUT2D eigenvalue weighted by Crippen LogP contribution is -2.29. The second-order valence-electron chi connectivity index (χ2n) is 10.5. The summed E-state index contributed by atoms with van der Waals surface area (Å²) < 4.78 is 44.0. The summed E-state index contributed by atoms with van der Waals surface area (Å²) in [5.41, 5.74) is 5.38. The molecule has 0 bridgehead atoms. The molecule has 0 atom stereocenters. The van der Waals surface area contributed by atoms with Gasteiger partial charge in [-0.2, -0.15) is 0 Å². The van der Waals surface area contributed by atoms with Gasteiger partial charge in [-0.25, -0.2) is 4.79 Å². The van der Waals surface area contributed by atoms with E-state index in [1.165, 1.54) is 22.3 Å². The Kier molecular flexibility index (Phi) is 16.7. The normalized spacial score (nSPS) is 12.0. The zero-order valence-corrected chi connectivity index (χ0v) is 26.8. The fraction of sp³-hybridized carbons (Fsp3) is 0.444. The highest BCUT2D eigenvalue weighted by atomic mass is 16.6. The molecule has 4 rings (SSSR count). The number of alkyl carbamates (subject to hydrolysis) is 1. The smallest absolute Gasteiger partial charge is 0.407 e. The molecule has 1 aliphatic rings. The summed E-state index contributed by atoms with van der Waals surface area (Å²) in [5.74, 6) is 0.736. The number of hydrogen-bond donors (Lipinski definition) is 1. The number of nitrogens with one attached hydrogen (secondary N) is 1. The lowest BCUT2D eigenvalue weighted by Gasteiger charge is -2.14. The van der Waals surface area contributed by atoms with E-state index in [4.69, 9.17) is 37.9 Å². The van der Waals surface area contributed by atoms with Gasteiger partial charge in [0.15, 0.2) is 0 Å². The molecule has 47 heavy (non-hydrogen) atoms. The Bertz CT molecular complexity index is 1270.